The van der Waals surface area contributed by atoms with Gasteiger partial charge in [-0.3, -0.25) is 9.69 Å². The summed E-state index contributed by atoms with van der Waals surface area (Å²) >= 11 is 0. The first-order valence-electron chi connectivity index (χ1n) is 8.00. The molecule has 24 heavy (non-hydrogen) atoms. The van der Waals surface area contributed by atoms with Gasteiger partial charge in [0.15, 0.2) is 17.4 Å². The summed E-state index contributed by atoms with van der Waals surface area (Å²) in [6, 6.07) is 2.47. The number of ether oxygens (including phenoxy) is 1. The van der Waals surface area contributed by atoms with Crippen LogP contribution in [0, 0.1) is 17.0 Å². The van der Waals surface area contributed by atoms with Gasteiger partial charge >= 0.3 is 5.97 Å². The molecule has 1 fully saturated rings. The Morgan fingerprint density at radius 3 is 2.75 bits per heavy atom. The first-order valence-corrected chi connectivity index (χ1v) is 8.00. The maximum absolute atomic E-state index is 14.3. The number of likely N-dealkylation sites (tertiary alicyclic amines) is 1. The van der Waals surface area contributed by atoms with Crippen LogP contribution in [0.1, 0.15) is 31.7 Å². The van der Waals surface area contributed by atoms with E-state index in [0.29, 0.717) is 25.8 Å². The molecule has 0 radical (unpaired) electrons. The van der Waals surface area contributed by atoms with Crippen LogP contribution in [0.4, 0.5) is 8.78 Å². The molecule has 1 aromatic rings. The van der Waals surface area contributed by atoms with Crippen molar-refractivity contribution >= 4 is 5.97 Å². The van der Waals surface area contributed by atoms with E-state index in [-0.39, 0.29) is 18.7 Å². The molecule has 7 heteroatoms. The van der Waals surface area contributed by atoms with Crippen molar-refractivity contribution in [3.63, 3.8) is 0 Å². The number of hydrogen-bond donors (Lipinski definition) is 2. The topological polar surface area (TPSA) is 70.0 Å². The number of rotatable bonds is 6. The summed E-state index contributed by atoms with van der Waals surface area (Å²) in [4.78, 5) is 13.5. The number of hydrogen-bond acceptors (Lipinski definition) is 4. The summed E-state index contributed by atoms with van der Waals surface area (Å²) in [5.41, 5.74) is -1.02. The third-order valence-electron chi connectivity index (χ3n) is 4.71. The van der Waals surface area contributed by atoms with Crippen molar-refractivity contribution < 1.29 is 28.5 Å². The lowest BCUT2D eigenvalue weighted by molar-refractivity contribution is -0.164. The van der Waals surface area contributed by atoms with Gasteiger partial charge in [0, 0.05) is 25.2 Å². The van der Waals surface area contributed by atoms with Gasteiger partial charge in [-0.25, -0.2) is 8.78 Å². The lowest BCUT2D eigenvalue weighted by Crippen LogP contribution is -2.55. The normalized spacial score (nSPS) is 24.8. The van der Waals surface area contributed by atoms with Crippen LogP contribution in [0.5, 0.6) is 5.75 Å². The van der Waals surface area contributed by atoms with E-state index >= 15 is 0 Å². The average molecular weight is 343 g/mol. The molecule has 0 bridgehead atoms. The molecule has 0 amide bonds. The van der Waals surface area contributed by atoms with Crippen LogP contribution in [0.25, 0.3) is 0 Å². The zero-order chi connectivity index (χ0) is 17.9. The predicted octanol–water partition coefficient (Wildman–Crippen LogP) is 2.41. The minimum Gasteiger partial charge on any atom is -0.491 e. The Labute approximate surface area is 139 Å². The number of aliphatic hydroxyl groups is 1. The van der Waals surface area contributed by atoms with E-state index < -0.39 is 34.9 Å². The first-order chi connectivity index (χ1) is 11.4. The van der Waals surface area contributed by atoms with Crippen molar-refractivity contribution in [3.05, 3.63) is 29.3 Å². The van der Waals surface area contributed by atoms with E-state index in [2.05, 4.69) is 0 Å². The van der Waals surface area contributed by atoms with Gasteiger partial charge in [0.2, 0.25) is 0 Å². The number of halogens is 2. The highest BCUT2D eigenvalue weighted by atomic mass is 19.1. The van der Waals surface area contributed by atoms with Gasteiger partial charge in [-0.2, -0.15) is 0 Å². The zero-order valence-corrected chi connectivity index (χ0v) is 13.9. The molecule has 1 heterocycles. The molecule has 0 unspecified atom stereocenters. The molecule has 0 saturated carbocycles. The second kappa shape index (κ2) is 7.44. The van der Waals surface area contributed by atoms with E-state index in [0.717, 1.165) is 6.07 Å². The lowest BCUT2D eigenvalue weighted by atomic mass is 9.74. The summed E-state index contributed by atoms with van der Waals surface area (Å²) in [5.74, 6) is -3.04. The largest absolute Gasteiger partial charge is 0.491 e. The first kappa shape index (κ1) is 18.6. The fraction of sp³-hybridized carbons (Fsp3) is 0.588. The minimum absolute atomic E-state index is 0.121. The van der Waals surface area contributed by atoms with Crippen molar-refractivity contribution in [2.75, 3.05) is 20.2 Å². The molecule has 2 atom stereocenters. The Kier molecular flexibility index (Phi) is 5.77. The van der Waals surface area contributed by atoms with Gasteiger partial charge in [-0.1, -0.05) is 19.4 Å². The number of carboxylic acid groups (broad SMARTS) is 1. The number of methoxy groups -OCH3 is 1. The van der Waals surface area contributed by atoms with Crippen LogP contribution in [0.2, 0.25) is 0 Å². The van der Waals surface area contributed by atoms with Crippen molar-refractivity contribution in [2.45, 2.75) is 38.8 Å². The van der Waals surface area contributed by atoms with Crippen molar-refractivity contribution in [1.82, 2.24) is 4.90 Å². The van der Waals surface area contributed by atoms with Gasteiger partial charge in [-0.05, 0) is 18.9 Å². The molecule has 0 aliphatic carbocycles. The van der Waals surface area contributed by atoms with E-state index in [1.807, 2.05) is 6.92 Å². The second-order valence-electron chi connectivity index (χ2n) is 6.28. The maximum Gasteiger partial charge on any atom is 0.313 e. The molecular formula is C17H23F2NO4. The SMILES string of the molecule is CCC[C@@]1(C(=O)O)CN(Cc2ccc(F)c(OC)c2F)CC[C@@H]1O. The fourth-order valence-electron chi connectivity index (χ4n) is 3.43. The number of aliphatic hydroxyl groups excluding tert-OH is 1. The Morgan fingerprint density at radius 1 is 1.46 bits per heavy atom. The van der Waals surface area contributed by atoms with Gasteiger partial charge in [0.25, 0.3) is 0 Å². The van der Waals surface area contributed by atoms with Crippen molar-refractivity contribution in [1.29, 1.82) is 0 Å². The van der Waals surface area contributed by atoms with Crippen molar-refractivity contribution in [2.24, 2.45) is 5.41 Å². The standard InChI is InChI=1S/C17H23F2NO4/c1-3-7-17(16(22)23)10-20(8-6-13(17)21)9-11-4-5-12(18)15(24-2)14(11)19/h4-5,13,21H,3,6-10H2,1-2H3,(H,22,23)/t13-,17+/m0/s1. The van der Waals surface area contributed by atoms with E-state index in [4.69, 9.17) is 4.74 Å². The number of aliphatic carboxylic acids is 1. The Morgan fingerprint density at radius 2 is 2.17 bits per heavy atom. The third-order valence-corrected chi connectivity index (χ3v) is 4.71. The monoisotopic (exact) mass is 343 g/mol. The Bertz CT molecular complexity index is 610. The molecule has 5 nitrogen and oxygen atoms in total. The van der Waals surface area contributed by atoms with E-state index in [1.165, 1.54) is 13.2 Å². The van der Waals surface area contributed by atoms with Crippen molar-refractivity contribution in [3.8, 4) is 5.75 Å². The summed E-state index contributed by atoms with van der Waals surface area (Å²) in [5, 5.41) is 19.8. The molecule has 0 aromatic heterocycles. The van der Waals surface area contributed by atoms with Crippen LogP contribution in [-0.4, -0.2) is 47.4 Å². The highest BCUT2D eigenvalue weighted by Gasteiger charge is 2.48. The second-order valence-corrected chi connectivity index (χ2v) is 6.28. The van der Waals surface area contributed by atoms with Gasteiger partial charge < -0.3 is 14.9 Å². The average Bonchev–Trinajstić information content (AvgIpc) is 2.54. The third kappa shape index (κ3) is 3.37. The number of carboxylic acids is 1. The van der Waals surface area contributed by atoms with Crippen LogP contribution in [-0.2, 0) is 11.3 Å². The summed E-state index contributed by atoms with van der Waals surface area (Å²) in [7, 11) is 1.19. The summed E-state index contributed by atoms with van der Waals surface area (Å²) in [6.07, 6.45) is 0.330. The molecule has 134 valence electrons. The molecule has 1 saturated heterocycles. The molecular weight excluding hydrogens is 320 g/mol. The molecule has 2 N–H and O–H groups in total. The quantitative estimate of drug-likeness (QED) is 0.830. The molecule has 1 aromatic carbocycles. The summed E-state index contributed by atoms with van der Waals surface area (Å²) in [6.45, 7) is 2.56. The zero-order valence-electron chi connectivity index (χ0n) is 13.9. The number of benzene rings is 1. The highest BCUT2D eigenvalue weighted by Crippen LogP contribution is 2.36. The Balaban J connectivity index is 2.24. The minimum atomic E-state index is -1.26. The van der Waals surface area contributed by atoms with Crippen LogP contribution >= 0.6 is 0 Å². The fourth-order valence-corrected chi connectivity index (χ4v) is 3.43. The summed E-state index contributed by atoms with van der Waals surface area (Å²) < 4.78 is 32.5. The molecule has 1 aliphatic rings. The number of carbonyl (C=O) groups is 1. The molecule has 1 aliphatic heterocycles. The van der Waals surface area contributed by atoms with Gasteiger partial charge in [-0.15, -0.1) is 0 Å². The van der Waals surface area contributed by atoms with E-state index in [9.17, 15) is 23.8 Å². The number of nitrogens with zero attached hydrogens (tertiary/aromatic N) is 1. The van der Waals surface area contributed by atoms with Gasteiger partial charge in [0.05, 0.1) is 13.2 Å². The maximum atomic E-state index is 14.3. The van der Waals surface area contributed by atoms with Crippen LogP contribution < -0.4 is 4.74 Å². The Hall–Kier alpha value is -1.73. The number of piperidine rings is 1. The molecule has 2 rings (SSSR count). The van der Waals surface area contributed by atoms with Crippen LogP contribution in [0.15, 0.2) is 12.1 Å². The van der Waals surface area contributed by atoms with E-state index in [1.54, 1.807) is 4.90 Å². The van der Waals surface area contributed by atoms with Crippen LogP contribution in [0.3, 0.4) is 0 Å². The highest BCUT2D eigenvalue weighted by molar-refractivity contribution is 5.76. The molecule has 0 spiro atoms. The smallest absolute Gasteiger partial charge is 0.313 e. The van der Waals surface area contributed by atoms with Gasteiger partial charge in [0.1, 0.15) is 5.41 Å². The predicted molar refractivity (Wildman–Crippen MR) is 83.8 cm³/mol. The lowest BCUT2D eigenvalue weighted by Gasteiger charge is -2.43.